The highest BCUT2D eigenvalue weighted by Crippen LogP contribution is 2.03. The van der Waals surface area contributed by atoms with Gasteiger partial charge in [0.15, 0.2) is 0 Å². The molecule has 0 unspecified atom stereocenters. The van der Waals surface area contributed by atoms with Crippen molar-refractivity contribution >= 4 is 17.9 Å². The smallest absolute Gasteiger partial charge is 0.326 e. The summed E-state index contributed by atoms with van der Waals surface area (Å²) in [5.41, 5.74) is 1.01. The topological polar surface area (TPSA) is 98.7 Å². The van der Waals surface area contributed by atoms with Crippen molar-refractivity contribution in [3.63, 3.8) is 0 Å². The lowest BCUT2D eigenvalue weighted by Crippen LogP contribution is -2.45. The first kappa shape index (κ1) is 19.5. The molecule has 1 atom stereocenters. The lowest BCUT2D eigenvalue weighted by Gasteiger charge is -2.19. The van der Waals surface area contributed by atoms with E-state index in [1.54, 1.807) is 20.9 Å². The standard InChI is InChI=1S/C17H25N3O4/c1-12(2)15(16(22)23)19-14(21)9-10-18-17(24)20(3)11-13-7-5-4-6-8-13/h4-8,12,15H,9-11H2,1-3H3,(H,18,24)(H,19,21)(H,22,23)/t15-/m0/s1. The monoisotopic (exact) mass is 335 g/mol. The molecule has 0 radical (unpaired) electrons. The Kier molecular flexibility index (Phi) is 7.74. The molecule has 0 heterocycles. The van der Waals surface area contributed by atoms with E-state index in [-0.39, 0.29) is 24.9 Å². The van der Waals surface area contributed by atoms with Crippen LogP contribution >= 0.6 is 0 Å². The molecule has 0 aliphatic rings. The maximum absolute atomic E-state index is 12.0. The van der Waals surface area contributed by atoms with Gasteiger partial charge in [0.1, 0.15) is 6.04 Å². The average Bonchev–Trinajstić information content (AvgIpc) is 2.52. The Labute approximate surface area is 142 Å². The Morgan fingerprint density at radius 1 is 1.17 bits per heavy atom. The zero-order valence-corrected chi connectivity index (χ0v) is 14.3. The molecule has 7 nitrogen and oxygen atoms in total. The molecule has 3 N–H and O–H groups in total. The highest BCUT2D eigenvalue weighted by molar-refractivity contribution is 5.84. The van der Waals surface area contributed by atoms with Gasteiger partial charge in [-0.1, -0.05) is 44.2 Å². The first-order valence-corrected chi connectivity index (χ1v) is 7.86. The predicted octanol–water partition coefficient (Wildman–Crippen LogP) is 1.44. The number of aliphatic carboxylic acids is 1. The van der Waals surface area contributed by atoms with Crippen LogP contribution in [0.25, 0.3) is 0 Å². The van der Waals surface area contributed by atoms with Crippen molar-refractivity contribution in [1.82, 2.24) is 15.5 Å². The molecule has 0 spiro atoms. The molecular formula is C17H25N3O4. The van der Waals surface area contributed by atoms with E-state index in [0.29, 0.717) is 6.54 Å². The van der Waals surface area contributed by atoms with E-state index >= 15 is 0 Å². The van der Waals surface area contributed by atoms with Gasteiger partial charge in [-0.25, -0.2) is 9.59 Å². The van der Waals surface area contributed by atoms with Gasteiger partial charge >= 0.3 is 12.0 Å². The summed E-state index contributed by atoms with van der Waals surface area (Å²) in [5.74, 6) is -1.68. The number of carbonyl (C=O) groups excluding carboxylic acids is 2. The molecule has 0 fully saturated rings. The molecule has 132 valence electrons. The Hall–Kier alpha value is -2.57. The molecule has 24 heavy (non-hydrogen) atoms. The zero-order chi connectivity index (χ0) is 18.1. The average molecular weight is 335 g/mol. The van der Waals surface area contributed by atoms with Gasteiger partial charge in [-0.15, -0.1) is 0 Å². The number of carboxylic acids is 1. The molecular weight excluding hydrogens is 310 g/mol. The number of carbonyl (C=O) groups is 3. The number of amides is 3. The fraction of sp³-hybridized carbons (Fsp3) is 0.471. The van der Waals surface area contributed by atoms with Crippen molar-refractivity contribution in [1.29, 1.82) is 0 Å². The van der Waals surface area contributed by atoms with Gasteiger partial charge < -0.3 is 20.6 Å². The van der Waals surface area contributed by atoms with Gasteiger partial charge in [0.05, 0.1) is 0 Å². The van der Waals surface area contributed by atoms with Crippen molar-refractivity contribution < 1.29 is 19.5 Å². The van der Waals surface area contributed by atoms with Crippen LogP contribution < -0.4 is 10.6 Å². The molecule has 0 aromatic heterocycles. The third kappa shape index (κ3) is 6.68. The minimum Gasteiger partial charge on any atom is -0.480 e. The number of hydrogen-bond donors (Lipinski definition) is 3. The fourth-order valence-corrected chi connectivity index (χ4v) is 2.11. The van der Waals surface area contributed by atoms with Gasteiger partial charge in [-0.3, -0.25) is 4.79 Å². The summed E-state index contributed by atoms with van der Waals surface area (Å²) >= 11 is 0. The number of urea groups is 1. The molecule has 3 amide bonds. The molecule has 1 aromatic rings. The molecule has 7 heteroatoms. The van der Waals surface area contributed by atoms with E-state index in [1.165, 1.54) is 4.90 Å². The third-order valence-electron chi connectivity index (χ3n) is 3.49. The lowest BCUT2D eigenvalue weighted by atomic mass is 10.0. The maximum Gasteiger partial charge on any atom is 0.326 e. The van der Waals surface area contributed by atoms with Crippen molar-refractivity contribution in [3.8, 4) is 0 Å². The van der Waals surface area contributed by atoms with Crippen molar-refractivity contribution in [2.45, 2.75) is 32.9 Å². The predicted molar refractivity (Wildman–Crippen MR) is 90.3 cm³/mol. The lowest BCUT2D eigenvalue weighted by molar-refractivity contribution is -0.143. The van der Waals surface area contributed by atoms with Crippen LogP contribution in [0.1, 0.15) is 25.8 Å². The van der Waals surface area contributed by atoms with Gasteiger partial charge in [0.2, 0.25) is 5.91 Å². The van der Waals surface area contributed by atoms with Crippen molar-refractivity contribution in [3.05, 3.63) is 35.9 Å². The first-order chi connectivity index (χ1) is 11.3. The summed E-state index contributed by atoms with van der Waals surface area (Å²) in [6, 6.07) is 8.35. The van der Waals surface area contributed by atoms with Crippen LogP contribution in [0, 0.1) is 5.92 Å². The molecule has 0 saturated heterocycles. The van der Waals surface area contributed by atoms with E-state index in [4.69, 9.17) is 5.11 Å². The largest absolute Gasteiger partial charge is 0.480 e. The van der Waals surface area contributed by atoms with Gasteiger partial charge in [-0.05, 0) is 11.5 Å². The summed E-state index contributed by atoms with van der Waals surface area (Å²) in [7, 11) is 1.67. The van der Waals surface area contributed by atoms with Crippen LogP contribution in [0.15, 0.2) is 30.3 Å². The fourth-order valence-electron chi connectivity index (χ4n) is 2.11. The summed E-state index contributed by atoms with van der Waals surface area (Å²) in [4.78, 5) is 36.3. The molecule has 0 saturated carbocycles. The molecule has 1 rings (SSSR count). The number of hydrogen-bond acceptors (Lipinski definition) is 3. The Balaban J connectivity index is 2.34. The van der Waals surface area contributed by atoms with E-state index < -0.39 is 17.9 Å². The minimum absolute atomic E-state index is 0.0292. The maximum atomic E-state index is 12.0. The van der Waals surface area contributed by atoms with E-state index in [1.807, 2.05) is 30.3 Å². The highest BCUT2D eigenvalue weighted by atomic mass is 16.4. The van der Waals surface area contributed by atoms with Crippen LogP contribution in [-0.4, -0.2) is 47.5 Å². The Morgan fingerprint density at radius 3 is 2.33 bits per heavy atom. The van der Waals surface area contributed by atoms with E-state index in [2.05, 4.69) is 10.6 Å². The Morgan fingerprint density at radius 2 is 1.79 bits per heavy atom. The van der Waals surface area contributed by atoms with Crippen molar-refractivity contribution in [2.75, 3.05) is 13.6 Å². The number of rotatable bonds is 8. The van der Waals surface area contributed by atoms with Crippen LogP contribution in [0.2, 0.25) is 0 Å². The first-order valence-electron chi connectivity index (χ1n) is 7.86. The second-order valence-corrected chi connectivity index (χ2v) is 5.95. The SMILES string of the molecule is CC(C)[C@H](NC(=O)CCNC(=O)N(C)Cc1ccccc1)C(=O)O. The zero-order valence-electron chi connectivity index (χ0n) is 14.3. The number of nitrogens with zero attached hydrogens (tertiary/aromatic N) is 1. The van der Waals surface area contributed by atoms with E-state index in [9.17, 15) is 14.4 Å². The highest BCUT2D eigenvalue weighted by Gasteiger charge is 2.23. The van der Waals surface area contributed by atoms with Crippen LogP contribution in [-0.2, 0) is 16.1 Å². The number of benzene rings is 1. The second-order valence-electron chi connectivity index (χ2n) is 5.95. The Bertz CT molecular complexity index is 560. The van der Waals surface area contributed by atoms with E-state index in [0.717, 1.165) is 5.56 Å². The minimum atomic E-state index is -1.06. The molecule has 0 aliphatic heterocycles. The summed E-state index contributed by atoms with van der Waals surface area (Å²) < 4.78 is 0. The normalized spacial score (nSPS) is 11.7. The van der Waals surface area contributed by atoms with Crippen LogP contribution in [0.5, 0.6) is 0 Å². The van der Waals surface area contributed by atoms with Crippen LogP contribution in [0.3, 0.4) is 0 Å². The quantitative estimate of drug-likeness (QED) is 0.669. The van der Waals surface area contributed by atoms with Gasteiger partial charge in [-0.2, -0.15) is 0 Å². The number of nitrogens with one attached hydrogen (secondary N) is 2. The van der Waals surface area contributed by atoms with Crippen LogP contribution in [0.4, 0.5) is 4.79 Å². The summed E-state index contributed by atoms with van der Waals surface area (Å²) in [6.07, 6.45) is 0.0292. The summed E-state index contributed by atoms with van der Waals surface area (Å²) in [5, 5.41) is 14.1. The molecule has 1 aromatic carbocycles. The van der Waals surface area contributed by atoms with Gasteiger partial charge in [0, 0.05) is 26.6 Å². The van der Waals surface area contributed by atoms with Crippen molar-refractivity contribution in [2.24, 2.45) is 5.92 Å². The second kappa shape index (κ2) is 9.54. The molecule has 0 bridgehead atoms. The number of carboxylic acid groups (broad SMARTS) is 1. The molecule has 0 aliphatic carbocycles. The van der Waals surface area contributed by atoms with Gasteiger partial charge in [0.25, 0.3) is 0 Å². The third-order valence-corrected chi connectivity index (χ3v) is 3.49. The summed E-state index contributed by atoms with van der Waals surface area (Å²) in [6.45, 7) is 4.06.